The number of carbonyl (C=O) groups is 1. The Morgan fingerprint density at radius 1 is 0.960 bits per heavy atom. The molecule has 0 heterocycles. The summed E-state index contributed by atoms with van der Waals surface area (Å²) in [6, 6.07) is 12.6. The van der Waals surface area contributed by atoms with E-state index in [0.29, 0.717) is 18.0 Å². The average molecular weight is 351 g/mol. The molecule has 2 aromatic carbocycles. The molecule has 0 aliphatic carbocycles. The molecule has 0 aromatic heterocycles. The molecule has 0 spiro atoms. The highest BCUT2D eigenvalue weighted by Gasteiger charge is 2.06. The zero-order chi connectivity index (χ0) is 18.1. The van der Waals surface area contributed by atoms with Crippen molar-refractivity contribution in [2.75, 3.05) is 18.5 Å². The lowest BCUT2D eigenvalue weighted by atomic mass is 10.3. The number of hydrogen-bond donors (Lipinski definition) is 1. The highest BCUT2D eigenvalue weighted by Crippen LogP contribution is 2.19. The molecule has 1 amide bonds. The summed E-state index contributed by atoms with van der Waals surface area (Å²) in [5, 5.41) is 2.60. The van der Waals surface area contributed by atoms with Crippen molar-refractivity contribution in [1.29, 1.82) is 0 Å². The monoisotopic (exact) mass is 351 g/mol. The van der Waals surface area contributed by atoms with Gasteiger partial charge in [-0.25, -0.2) is 0 Å². The predicted molar refractivity (Wildman–Crippen MR) is 89.4 cm³/mol. The van der Waals surface area contributed by atoms with Gasteiger partial charge in [0.2, 0.25) is 0 Å². The van der Waals surface area contributed by atoms with Gasteiger partial charge in [0.15, 0.2) is 6.61 Å². The van der Waals surface area contributed by atoms with Crippen molar-refractivity contribution in [3.05, 3.63) is 48.5 Å². The summed E-state index contributed by atoms with van der Waals surface area (Å²) >= 11 is 0. The molecule has 0 saturated heterocycles. The summed E-state index contributed by atoms with van der Waals surface area (Å²) < 4.78 is 39.2. The molecule has 0 fully saturated rings. The van der Waals surface area contributed by atoms with Crippen LogP contribution in [0.5, 0.6) is 17.2 Å². The molecular weight excluding hydrogens is 332 g/mol. The Bertz CT molecular complexity index is 660. The number of ether oxygens (including phenoxy) is 3. The van der Waals surface area contributed by atoms with E-state index in [2.05, 4.69) is 10.1 Å². The number of benzene rings is 2. The first-order valence-corrected chi connectivity index (χ1v) is 7.77. The van der Waals surface area contributed by atoms with Crippen molar-refractivity contribution in [1.82, 2.24) is 0 Å². The highest BCUT2D eigenvalue weighted by molar-refractivity contribution is 5.91. The highest BCUT2D eigenvalue weighted by atomic mass is 19.3. The first-order chi connectivity index (χ1) is 12.1. The molecule has 2 rings (SSSR count). The van der Waals surface area contributed by atoms with Crippen molar-refractivity contribution in [2.45, 2.75) is 20.0 Å². The maximum absolute atomic E-state index is 12.1. The minimum atomic E-state index is -2.88. The number of nitrogens with one attached hydrogen (secondary N) is 1. The molecule has 0 unspecified atom stereocenters. The van der Waals surface area contributed by atoms with E-state index in [-0.39, 0.29) is 18.3 Å². The summed E-state index contributed by atoms with van der Waals surface area (Å²) in [5.41, 5.74) is 0.457. The number of rotatable bonds is 9. The van der Waals surface area contributed by atoms with Crippen LogP contribution in [0.1, 0.15) is 13.3 Å². The summed E-state index contributed by atoms with van der Waals surface area (Å²) in [6.07, 6.45) is 0.924. The standard InChI is InChI=1S/C18H19F2NO4/c1-2-11-23-14-7-9-15(10-8-14)24-12-17(22)21-13-3-5-16(6-4-13)25-18(19)20/h3-10,18H,2,11-12H2,1H3,(H,21,22). The first kappa shape index (κ1) is 18.5. The van der Waals surface area contributed by atoms with Crippen molar-refractivity contribution in [2.24, 2.45) is 0 Å². The van der Waals surface area contributed by atoms with E-state index in [9.17, 15) is 13.6 Å². The van der Waals surface area contributed by atoms with Crippen molar-refractivity contribution in [3.8, 4) is 17.2 Å². The summed E-state index contributed by atoms with van der Waals surface area (Å²) in [5.74, 6) is 0.938. The quantitative estimate of drug-likeness (QED) is 0.739. The lowest BCUT2D eigenvalue weighted by Gasteiger charge is -2.09. The Morgan fingerprint density at radius 3 is 2.08 bits per heavy atom. The van der Waals surface area contributed by atoms with Crippen molar-refractivity contribution < 1.29 is 27.8 Å². The van der Waals surface area contributed by atoms with Gasteiger partial charge in [-0.15, -0.1) is 0 Å². The molecule has 1 N–H and O–H groups in total. The number of anilines is 1. The van der Waals surface area contributed by atoms with Crippen molar-refractivity contribution >= 4 is 11.6 Å². The molecule has 134 valence electrons. The van der Waals surface area contributed by atoms with Gasteiger partial charge in [0.1, 0.15) is 17.2 Å². The predicted octanol–water partition coefficient (Wildman–Crippen LogP) is 4.09. The minimum Gasteiger partial charge on any atom is -0.494 e. The number of amides is 1. The van der Waals surface area contributed by atoms with Crippen LogP contribution in [-0.2, 0) is 4.79 Å². The van der Waals surface area contributed by atoms with Gasteiger partial charge < -0.3 is 19.5 Å². The van der Waals surface area contributed by atoms with Crippen molar-refractivity contribution in [3.63, 3.8) is 0 Å². The summed E-state index contributed by atoms with van der Waals surface area (Å²) in [7, 11) is 0. The van der Waals surface area contributed by atoms with E-state index in [4.69, 9.17) is 9.47 Å². The molecular formula is C18H19F2NO4. The van der Waals surface area contributed by atoms with E-state index in [1.54, 1.807) is 24.3 Å². The van der Waals surface area contributed by atoms with E-state index in [0.717, 1.165) is 12.2 Å². The van der Waals surface area contributed by atoms with E-state index < -0.39 is 6.61 Å². The zero-order valence-corrected chi connectivity index (χ0v) is 13.7. The Balaban J connectivity index is 1.78. The molecule has 0 saturated carbocycles. The van der Waals surface area contributed by atoms with Crippen LogP contribution in [0.4, 0.5) is 14.5 Å². The second-order valence-corrected chi connectivity index (χ2v) is 5.06. The Morgan fingerprint density at radius 2 is 1.52 bits per heavy atom. The molecule has 0 bridgehead atoms. The number of hydrogen-bond acceptors (Lipinski definition) is 4. The van der Waals surface area contributed by atoms with Gasteiger partial charge in [0.25, 0.3) is 5.91 Å². The Labute approximate surface area is 144 Å². The maximum atomic E-state index is 12.1. The number of alkyl halides is 2. The maximum Gasteiger partial charge on any atom is 0.387 e. The first-order valence-electron chi connectivity index (χ1n) is 7.77. The minimum absolute atomic E-state index is 0.0228. The molecule has 7 heteroatoms. The van der Waals surface area contributed by atoms with Crippen LogP contribution in [-0.4, -0.2) is 25.7 Å². The molecule has 5 nitrogen and oxygen atoms in total. The average Bonchev–Trinajstić information content (AvgIpc) is 2.60. The van der Waals surface area contributed by atoms with Gasteiger partial charge in [-0.3, -0.25) is 4.79 Å². The second-order valence-electron chi connectivity index (χ2n) is 5.06. The zero-order valence-electron chi connectivity index (χ0n) is 13.7. The third-order valence-electron chi connectivity index (χ3n) is 3.03. The van der Waals surface area contributed by atoms with Crippen LogP contribution in [0, 0.1) is 0 Å². The number of carbonyl (C=O) groups excluding carboxylic acids is 1. The van der Waals surface area contributed by atoms with E-state index >= 15 is 0 Å². The van der Waals surface area contributed by atoms with Gasteiger partial charge in [0.05, 0.1) is 6.61 Å². The van der Waals surface area contributed by atoms with Crippen LogP contribution >= 0.6 is 0 Å². The van der Waals surface area contributed by atoms with Gasteiger partial charge in [-0.1, -0.05) is 6.92 Å². The van der Waals surface area contributed by atoms with Crippen LogP contribution in [0.15, 0.2) is 48.5 Å². The lowest BCUT2D eigenvalue weighted by Crippen LogP contribution is -2.20. The molecule has 0 atom stereocenters. The lowest BCUT2D eigenvalue weighted by molar-refractivity contribution is -0.118. The number of halogens is 2. The van der Waals surface area contributed by atoms with Crippen LogP contribution in [0.2, 0.25) is 0 Å². The SMILES string of the molecule is CCCOc1ccc(OCC(=O)Nc2ccc(OC(F)F)cc2)cc1. The fourth-order valence-corrected chi connectivity index (χ4v) is 1.92. The topological polar surface area (TPSA) is 56.8 Å². The molecule has 2 aromatic rings. The van der Waals surface area contributed by atoms with E-state index in [1.165, 1.54) is 24.3 Å². The van der Waals surface area contributed by atoms with Crippen LogP contribution in [0.3, 0.4) is 0 Å². The Kier molecular flexibility index (Phi) is 7.00. The largest absolute Gasteiger partial charge is 0.494 e. The molecule has 0 aliphatic heterocycles. The van der Waals surface area contributed by atoms with Crippen LogP contribution in [0.25, 0.3) is 0 Å². The summed E-state index contributed by atoms with van der Waals surface area (Å²) in [4.78, 5) is 11.8. The normalized spacial score (nSPS) is 10.4. The third kappa shape index (κ3) is 6.66. The molecule has 0 radical (unpaired) electrons. The molecule has 0 aliphatic rings. The summed E-state index contributed by atoms with van der Waals surface area (Å²) in [6.45, 7) is -0.392. The van der Waals surface area contributed by atoms with Gasteiger partial charge in [-0.2, -0.15) is 8.78 Å². The van der Waals surface area contributed by atoms with Gasteiger partial charge >= 0.3 is 6.61 Å². The third-order valence-corrected chi connectivity index (χ3v) is 3.03. The van der Waals surface area contributed by atoms with E-state index in [1.807, 2.05) is 6.92 Å². The fourth-order valence-electron chi connectivity index (χ4n) is 1.92. The fraction of sp³-hybridized carbons (Fsp3) is 0.278. The Hall–Kier alpha value is -2.83. The van der Waals surface area contributed by atoms with Gasteiger partial charge in [-0.05, 0) is 55.0 Å². The van der Waals surface area contributed by atoms with Crippen LogP contribution < -0.4 is 19.5 Å². The molecule has 25 heavy (non-hydrogen) atoms. The van der Waals surface area contributed by atoms with Gasteiger partial charge in [0, 0.05) is 5.69 Å². The second kappa shape index (κ2) is 9.46. The smallest absolute Gasteiger partial charge is 0.387 e.